The van der Waals surface area contributed by atoms with E-state index in [1.807, 2.05) is 23.6 Å². The summed E-state index contributed by atoms with van der Waals surface area (Å²) in [6.07, 6.45) is 4.43. The van der Waals surface area contributed by atoms with Gasteiger partial charge in [-0.25, -0.2) is 9.67 Å². The Morgan fingerprint density at radius 3 is 3.00 bits per heavy atom. The Balaban J connectivity index is 1.52. The van der Waals surface area contributed by atoms with E-state index in [9.17, 15) is 9.59 Å². The van der Waals surface area contributed by atoms with Gasteiger partial charge in [-0.05, 0) is 43.9 Å². The highest BCUT2D eigenvalue weighted by atomic mass is 32.1. The first-order valence-corrected chi connectivity index (χ1v) is 9.29. The number of thiazole rings is 1. The third-order valence-corrected chi connectivity index (χ3v) is 5.15. The van der Waals surface area contributed by atoms with Gasteiger partial charge in [0.1, 0.15) is 11.7 Å². The summed E-state index contributed by atoms with van der Waals surface area (Å²) < 4.78 is 1.26. The van der Waals surface area contributed by atoms with Crippen LogP contribution in [0.25, 0.3) is 11.4 Å². The Kier molecular flexibility index (Phi) is 4.34. The zero-order valence-corrected chi connectivity index (χ0v) is 15.0. The van der Waals surface area contributed by atoms with Gasteiger partial charge >= 0.3 is 0 Å². The van der Waals surface area contributed by atoms with Crippen LogP contribution in [0.1, 0.15) is 30.6 Å². The van der Waals surface area contributed by atoms with Gasteiger partial charge in [0.2, 0.25) is 0 Å². The zero-order valence-electron chi connectivity index (χ0n) is 14.2. The number of carbonyl (C=O) groups excluding carboxylic acids is 1. The summed E-state index contributed by atoms with van der Waals surface area (Å²) in [7, 11) is 0. The molecular formula is C18H17N5O2S. The number of anilines is 1. The van der Waals surface area contributed by atoms with Gasteiger partial charge in [0.25, 0.3) is 11.5 Å². The highest BCUT2D eigenvalue weighted by Crippen LogP contribution is 2.24. The number of pyridine rings is 1. The van der Waals surface area contributed by atoms with Crippen LogP contribution in [-0.4, -0.2) is 25.7 Å². The van der Waals surface area contributed by atoms with E-state index in [1.54, 1.807) is 19.2 Å². The van der Waals surface area contributed by atoms with E-state index in [0.717, 1.165) is 36.2 Å². The van der Waals surface area contributed by atoms with Gasteiger partial charge in [-0.15, -0.1) is 11.3 Å². The predicted molar refractivity (Wildman–Crippen MR) is 99.2 cm³/mol. The molecule has 0 radical (unpaired) electrons. The SMILES string of the molecule is C[C@H](C(=O)Nc1nc(-c2ccccn2)cs1)n1nc2c(cc1=O)CCC2. The van der Waals surface area contributed by atoms with Crippen molar-refractivity contribution >= 4 is 22.4 Å². The van der Waals surface area contributed by atoms with Gasteiger partial charge in [-0.3, -0.25) is 14.6 Å². The predicted octanol–water partition coefficient (Wildman–Crippen LogP) is 2.45. The lowest BCUT2D eigenvalue weighted by atomic mass is 10.2. The number of fused-ring (bicyclic) bond motifs is 1. The fourth-order valence-corrected chi connectivity index (χ4v) is 3.68. The Morgan fingerprint density at radius 1 is 1.31 bits per heavy atom. The second-order valence-electron chi connectivity index (χ2n) is 6.17. The molecule has 1 N–H and O–H groups in total. The van der Waals surface area contributed by atoms with Crippen LogP contribution in [-0.2, 0) is 17.6 Å². The third-order valence-electron chi connectivity index (χ3n) is 4.39. The Hall–Kier alpha value is -2.87. The summed E-state index contributed by atoms with van der Waals surface area (Å²) in [6.45, 7) is 1.67. The number of hydrogen-bond donors (Lipinski definition) is 1. The molecule has 0 saturated carbocycles. The average molecular weight is 367 g/mol. The number of nitrogens with one attached hydrogen (secondary N) is 1. The topological polar surface area (TPSA) is 89.8 Å². The molecule has 26 heavy (non-hydrogen) atoms. The molecule has 0 spiro atoms. The number of hydrogen-bond acceptors (Lipinski definition) is 6. The number of rotatable bonds is 4. The molecule has 1 aliphatic carbocycles. The number of aryl methyl sites for hydroxylation is 2. The van der Waals surface area contributed by atoms with Crippen LogP contribution >= 0.6 is 11.3 Å². The summed E-state index contributed by atoms with van der Waals surface area (Å²) >= 11 is 1.32. The van der Waals surface area contributed by atoms with Crippen molar-refractivity contribution in [3.63, 3.8) is 0 Å². The minimum absolute atomic E-state index is 0.249. The lowest BCUT2D eigenvalue weighted by Crippen LogP contribution is -2.33. The lowest BCUT2D eigenvalue weighted by Gasteiger charge is -2.14. The fourth-order valence-electron chi connectivity index (χ4n) is 2.98. The number of amides is 1. The quantitative estimate of drug-likeness (QED) is 0.765. The molecule has 0 aliphatic heterocycles. The van der Waals surface area contributed by atoms with Crippen molar-refractivity contribution in [2.45, 2.75) is 32.2 Å². The van der Waals surface area contributed by atoms with Crippen molar-refractivity contribution in [3.05, 3.63) is 57.5 Å². The van der Waals surface area contributed by atoms with E-state index >= 15 is 0 Å². The van der Waals surface area contributed by atoms with E-state index in [0.29, 0.717) is 10.8 Å². The molecule has 1 aliphatic rings. The maximum absolute atomic E-state index is 12.6. The van der Waals surface area contributed by atoms with E-state index in [2.05, 4.69) is 20.4 Å². The van der Waals surface area contributed by atoms with Crippen LogP contribution < -0.4 is 10.9 Å². The number of carbonyl (C=O) groups is 1. The highest BCUT2D eigenvalue weighted by Gasteiger charge is 2.22. The van der Waals surface area contributed by atoms with Crippen LogP contribution in [0, 0.1) is 0 Å². The van der Waals surface area contributed by atoms with Crippen LogP contribution in [0.2, 0.25) is 0 Å². The van der Waals surface area contributed by atoms with Gasteiger partial charge < -0.3 is 5.32 Å². The molecule has 3 heterocycles. The molecule has 1 atom stereocenters. The standard InChI is InChI=1S/C18H17N5O2S/c1-11(23-16(24)9-12-5-4-7-13(12)22-23)17(25)21-18-20-15(10-26-18)14-6-2-3-8-19-14/h2-3,6,8-11H,4-5,7H2,1H3,(H,20,21,25)/t11-/m1/s1. The second-order valence-corrected chi connectivity index (χ2v) is 7.03. The molecule has 7 nitrogen and oxygen atoms in total. The number of aromatic nitrogens is 4. The molecule has 0 fully saturated rings. The van der Waals surface area contributed by atoms with Gasteiger partial charge in [0.05, 0.1) is 11.4 Å². The maximum atomic E-state index is 12.6. The first-order valence-electron chi connectivity index (χ1n) is 8.41. The Labute approximate surface area is 153 Å². The molecule has 4 rings (SSSR count). The van der Waals surface area contributed by atoms with Crippen LogP contribution in [0.3, 0.4) is 0 Å². The zero-order chi connectivity index (χ0) is 18.1. The molecule has 8 heteroatoms. The summed E-state index contributed by atoms with van der Waals surface area (Å²) in [5.41, 5.74) is 3.11. The first kappa shape index (κ1) is 16.6. The van der Waals surface area contributed by atoms with E-state index in [1.165, 1.54) is 16.0 Å². The van der Waals surface area contributed by atoms with Crippen LogP contribution in [0.4, 0.5) is 5.13 Å². The van der Waals surface area contributed by atoms with E-state index in [-0.39, 0.29) is 11.5 Å². The lowest BCUT2D eigenvalue weighted by molar-refractivity contribution is -0.119. The van der Waals surface area contributed by atoms with Crippen LogP contribution in [0.15, 0.2) is 40.6 Å². The van der Waals surface area contributed by atoms with Crippen molar-refractivity contribution < 1.29 is 4.79 Å². The Morgan fingerprint density at radius 2 is 2.19 bits per heavy atom. The average Bonchev–Trinajstić information content (AvgIpc) is 3.30. The molecular weight excluding hydrogens is 350 g/mol. The Bertz CT molecular complexity index is 1010. The van der Waals surface area contributed by atoms with Crippen molar-refractivity contribution in [3.8, 4) is 11.4 Å². The fraction of sp³-hybridized carbons (Fsp3) is 0.278. The van der Waals surface area contributed by atoms with Gasteiger partial charge in [0, 0.05) is 17.6 Å². The first-order chi connectivity index (χ1) is 12.6. The highest BCUT2D eigenvalue weighted by molar-refractivity contribution is 7.14. The van der Waals surface area contributed by atoms with Crippen molar-refractivity contribution in [2.75, 3.05) is 5.32 Å². The van der Waals surface area contributed by atoms with Crippen molar-refractivity contribution in [1.82, 2.24) is 19.7 Å². The molecule has 3 aromatic heterocycles. The van der Waals surface area contributed by atoms with Crippen molar-refractivity contribution in [1.29, 1.82) is 0 Å². The summed E-state index contributed by atoms with van der Waals surface area (Å²) in [5, 5.41) is 9.46. The summed E-state index contributed by atoms with van der Waals surface area (Å²) in [4.78, 5) is 33.5. The monoisotopic (exact) mass is 367 g/mol. The molecule has 132 valence electrons. The van der Waals surface area contributed by atoms with Gasteiger partial charge in [-0.2, -0.15) is 5.10 Å². The molecule has 0 unspecified atom stereocenters. The minimum atomic E-state index is -0.712. The molecule has 0 bridgehead atoms. The normalized spacial score (nSPS) is 14.0. The molecule has 0 aromatic carbocycles. The third kappa shape index (κ3) is 3.15. The number of nitrogens with zero attached hydrogens (tertiary/aromatic N) is 4. The van der Waals surface area contributed by atoms with E-state index in [4.69, 9.17) is 0 Å². The smallest absolute Gasteiger partial charge is 0.267 e. The van der Waals surface area contributed by atoms with E-state index < -0.39 is 6.04 Å². The minimum Gasteiger partial charge on any atom is -0.300 e. The summed E-state index contributed by atoms with van der Waals surface area (Å²) in [6, 6.07) is 6.46. The maximum Gasteiger partial charge on any atom is 0.267 e. The van der Waals surface area contributed by atoms with Gasteiger partial charge in [-0.1, -0.05) is 6.07 Å². The van der Waals surface area contributed by atoms with Crippen LogP contribution in [0.5, 0.6) is 0 Å². The molecule has 0 saturated heterocycles. The van der Waals surface area contributed by atoms with Crippen molar-refractivity contribution in [2.24, 2.45) is 0 Å². The second kappa shape index (κ2) is 6.80. The summed E-state index contributed by atoms with van der Waals surface area (Å²) in [5.74, 6) is -0.320. The largest absolute Gasteiger partial charge is 0.300 e. The molecule has 3 aromatic rings. The molecule has 1 amide bonds. The van der Waals surface area contributed by atoms with Gasteiger partial charge in [0.15, 0.2) is 5.13 Å².